The van der Waals surface area contributed by atoms with Crippen LogP contribution in [0.2, 0.25) is 0 Å². The maximum Gasteiger partial charge on any atom is 0.169 e. The van der Waals surface area contributed by atoms with Gasteiger partial charge < -0.3 is 4.74 Å². The summed E-state index contributed by atoms with van der Waals surface area (Å²) in [5, 5.41) is 0. The van der Waals surface area contributed by atoms with Crippen LogP contribution in [-0.2, 0) is 4.79 Å². The molecule has 0 aliphatic heterocycles. The van der Waals surface area contributed by atoms with Gasteiger partial charge in [0, 0.05) is 10.9 Å². The molecule has 0 aliphatic rings. The number of hydrogen-bond acceptors (Lipinski definition) is 2. The Labute approximate surface area is 92.4 Å². The summed E-state index contributed by atoms with van der Waals surface area (Å²) in [5.74, 6) is 0.859. The summed E-state index contributed by atoms with van der Waals surface area (Å²) in [4.78, 5) is 11.0. The summed E-state index contributed by atoms with van der Waals surface area (Å²) < 4.78 is 6.37. The third kappa shape index (κ3) is 3.14. The zero-order valence-electron chi connectivity index (χ0n) is 8.34. The molecule has 0 fully saturated rings. The molecule has 0 unspecified atom stereocenters. The van der Waals surface area contributed by atoms with E-state index in [9.17, 15) is 4.79 Å². The fraction of sp³-hybridized carbons (Fsp3) is 0.364. The van der Waals surface area contributed by atoms with Crippen molar-refractivity contribution < 1.29 is 9.53 Å². The molecule has 0 spiro atoms. The van der Waals surface area contributed by atoms with Crippen molar-refractivity contribution in [3.8, 4) is 5.75 Å². The topological polar surface area (TPSA) is 26.3 Å². The van der Waals surface area contributed by atoms with Gasteiger partial charge in [-0.05, 0) is 30.7 Å². The van der Waals surface area contributed by atoms with Crippen LogP contribution in [0.4, 0.5) is 0 Å². The van der Waals surface area contributed by atoms with Gasteiger partial charge in [0.2, 0.25) is 0 Å². The monoisotopic (exact) mass is 256 g/mol. The summed E-state index contributed by atoms with van der Waals surface area (Å²) in [5.41, 5.74) is 1.10. The highest BCUT2D eigenvalue weighted by Crippen LogP contribution is 2.21. The highest BCUT2D eigenvalue weighted by molar-refractivity contribution is 9.10. The molecule has 0 saturated carbocycles. The van der Waals surface area contributed by atoms with Crippen LogP contribution in [0.5, 0.6) is 5.75 Å². The van der Waals surface area contributed by atoms with Gasteiger partial charge >= 0.3 is 0 Å². The zero-order valence-corrected chi connectivity index (χ0v) is 9.93. The maximum atomic E-state index is 11.0. The van der Waals surface area contributed by atoms with Crippen LogP contribution in [0, 0.1) is 6.92 Å². The molecule has 76 valence electrons. The van der Waals surface area contributed by atoms with Crippen molar-refractivity contribution in [3.05, 3.63) is 28.2 Å². The van der Waals surface area contributed by atoms with Gasteiger partial charge in [-0.3, -0.25) is 4.79 Å². The molecule has 1 rings (SSSR count). The molecule has 0 amide bonds. The van der Waals surface area contributed by atoms with Crippen LogP contribution < -0.4 is 4.74 Å². The second kappa shape index (κ2) is 5.15. The average Bonchev–Trinajstić information content (AvgIpc) is 2.19. The summed E-state index contributed by atoms with van der Waals surface area (Å²) in [7, 11) is 0. The number of rotatable bonds is 4. The van der Waals surface area contributed by atoms with Gasteiger partial charge in [0.15, 0.2) is 5.78 Å². The number of carbonyl (C=O) groups excluding carboxylic acids is 1. The highest BCUT2D eigenvalue weighted by Gasteiger charge is 2.01. The van der Waals surface area contributed by atoms with Crippen LogP contribution in [0.15, 0.2) is 22.7 Å². The third-order valence-corrected chi connectivity index (χ3v) is 2.81. The normalized spacial score (nSPS) is 9.93. The van der Waals surface area contributed by atoms with Crippen molar-refractivity contribution in [1.29, 1.82) is 0 Å². The van der Waals surface area contributed by atoms with E-state index in [-0.39, 0.29) is 12.4 Å². The predicted octanol–water partition coefficient (Wildman–Crippen LogP) is 3.12. The lowest BCUT2D eigenvalue weighted by Crippen LogP contribution is -2.09. The Hall–Kier alpha value is -0.830. The van der Waals surface area contributed by atoms with Gasteiger partial charge in [-0.15, -0.1) is 0 Å². The molecule has 0 aromatic heterocycles. The number of hydrogen-bond donors (Lipinski definition) is 0. The number of Topliss-reactive ketones (excluding diaryl/α,β-unsaturated/α-hetero) is 1. The molecular weight excluding hydrogens is 244 g/mol. The molecular formula is C11H13BrO2. The molecule has 3 heteroatoms. The minimum Gasteiger partial charge on any atom is -0.486 e. The second-order valence-electron chi connectivity index (χ2n) is 3.09. The number of ether oxygens (including phenoxy) is 1. The van der Waals surface area contributed by atoms with Crippen LogP contribution in [0.1, 0.15) is 18.9 Å². The Balaban J connectivity index is 2.60. The number of aryl methyl sites for hydroxylation is 1. The Morgan fingerprint density at radius 3 is 2.79 bits per heavy atom. The van der Waals surface area contributed by atoms with E-state index in [1.165, 1.54) is 0 Å². The molecule has 0 saturated heterocycles. The number of benzene rings is 1. The molecule has 0 aliphatic carbocycles. The maximum absolute atomic E-state index is 11.0. The Morgan fingerprint density at radius 2 is 2.21 bits per heavy atom. The van der Waals surface area contributed by atoms with E-state index in [4.69, 9.17) is 4.74 Å². The molecule has 1 aromatic carbocycles. The Bertz CT molecular complexity index is 334. The van der Waals surface area contributed by atoms with Crippen molar-refractivity contribution in [2.45, 2.75) is 20.3 Å². The third-order valence-electron chi connectivity index (χ3n) is 1.92. The van der Waals surface area contributed by atoms with E-state index in [1.54, 1.807) is 0 Å². The second-order valence-corrected chi connectivity index (χ2v) is 3.95. The molecule has 0 N–H and O–H groups in total. The number of halogens is 1. The fourth-order valence-electron chi connectivity index (χ4n) is 0.973. The molecule has 0 atom stereocenters. The van der Waals surface area contributed by atoms with E-state index in [0.717, 1.165) is 15.8 Å². The standard InChI is InChI=1S/C11H13BrO2/c1-3-9(13)7-14-10-4-5-11(12)8(2)6-10/h4-6H,3,7H2,1-2H3. The SMILES string of the molecule is CCC(=O)COc1ccc(Br)c(C)c1. The minimum absolute atomic E-state index is 0.116. The molecule has 0 bridgehead atoms. The lowest BCUT2D eigenvalue weighted by Gasteiger charge is -2.06. The van der Waals surface area contributed by atoms with E-state index < -0.39 is 0 Å². The predicted molar refractivity (Wildman–Crippen MR) is 59.7 cm³/mol. The zero-order chi connectivity index (χ0) is 10.6. The molecule has 1 aromatic rings. The summed E-state index contributed by atoms with van der Waals surface area (Å²) >= 11 is 3.40. The summed E-state index contributed by atoms with van der Waals surface area (Å²) in [6, 6.07) is 5.67. The first-order chi connectivity index (χ1) is 6.63. The Kier molecular flexibility index (Phi) is 4.14. The first kappa shape index (κ1) is 11.2. The van der Waals surface area contributed by atoms with Gasteiger partial charge in [-0.1, -0.05) is 22.9 Å². The quantitative estimate of drug-likeness (QED) is 0.828. The van der Waals surface area contributed by atoms with Crippen molar-refractivity contribution in [2.75, 3.05) is 6.61 Å². The van der Waals surface area contributed by atoms with Crippen molar-refractivity contribution in [1.82, 2.24) is 0 Å². The van der Waals surface area contributed by atoms with Gasteiger partial charge in [0.05, 0.1) is 0 Å². The summed E-state index contributed by atoms with van der Waals surface area (Å²) in [6.45, 7) is 3.98. The van der Waals surface area contributed by atoms with Crippen molar-refractivity contribution >= 4 is 21.7 Å². The molecule has 14 heavy (non-hydrogen) atoms. The smallest absolute Gasteiger partial charge is 0.169 e. The van der Waals surface area contributed by atoms with Crippen LogP contribution >= 0.6 is 15.9 Å². The highest BCUT2D eigenvalue weighted by atomic mass is 79.9. The van der Waals surface area contributed by atoms with Gasteiger partial charge in [0.25, 0.3) is 0 Å². The molecule has 0 heterocycles. The van der Waals surface area contributed by atoms with Crippen LogP contribution in [0.25, 0.3) is 0 Å². The number of ketones is 1. The van der Waals surface area contributed by atoms with E-state index in [2.05, 4.69) is 15.9 Å². The molecule has 2 nitrogen and oxygen atoms in total. The van der Waals surface area contributed by atoms with Gasteiger partial charge in [0.1, 0.15) is 12.4 Å². The average molecular weight is 257 g/mol. The van der Waals surface area contributed by atoms with Crippen LogP contribution in [0.3, 0.4) is 0 Å². The van der Waals surface area contributed by atoms with E-state index >= 15 is 0 Å². The minimum atomic E-state index is 0.116. The van der Waals surface area contributed by atoms with E-state index in [0.29, 0.717) is 6.42 Å². The van der Waals surface area contributed by atoms with Crippen molar-refractivity contribution in [3.63, 3.8) is 0 Å². The fourth-order valence-corrected chi connectivity index (χ4v) is 1.22. The lowest BCUT2D eigenvalue weighted by atomic mass is 10.2. The van der Waals surface area contributed by atoms with Gasteiger partial charge in [-0.2, -0.15) is 0 Å². The van der Waals surface area contributed by atoms with Crippen LogP contribution in [-0.4, -0.2) is 12.4 Å². The van der Waals surface area contributed by atoms with Gasteiger partial charge in [-0.25, -0.2) is 0 Å². The first-order valence-corrected chi connectivity index (χ1v) is 5.33. The lowest BCUT2D eigenvalue weighted by molar-refractivity contribution is -0.120. The first-order valence-electron chi connectivity index (χ1n) is 4.54. The molecule has 0 radical (unpaired) electrons. The largest absolute Gasteiger partial charge is 0.486 e. The Morgan fingerprint density at radius 1 is 1.50 bits per heavy atom. The number of carbonyl (C=O) groups is 1. The summed E-state index contributed by atoms with van der Waals surface area (Å²) in [6.07, 6.45) is 0.523. The van der Waals surface area contributed by atoms with Crippen molar-refractivity contribution in [2.24, 2.45) is 0 Å². The van der Waals surface area contributed by atoms with E-state index in [1.807, 2.05) is 32.0 Å².